The molecule has 1 aromatic heterocycles. The SMILES string of the molecule is COc1cc2nc(C)nc(N)c2cc1OCC1(CO)CC1. The zero-order chi connectivity index (χ0) is 15.0. The van der Waals surface area contributed by atoms with Crippen LogP contribution in [0.2, 0.25) is 0 Å². The summed E-state index contributed by atoms with van der Waals surface area (Å²) in [5.41, 5.74) is 6.59. The van der Waals surface area contributed by atoms with Crippen LogP contribution < -0.4 is 15.2 Å². The molecule has 2 aromatic rings. The monoisotopic (exact) mass is 289 g/mol. The Morgan fingerprint density at radius 3 is 2.67 bits per heavy atom. The Hall–Kier alpha value is -2.08. The standard InChI is InChI=1S/C15H19N3O3/c1-9-17-11-6-12(20-2)13(5-10(11)14(16)18-9)21-8-15(7-19)3-4-15/h5-6,19H,3-4,7-8H2,1-2H3,(H2,16,17,18). The number of aromatic nitrogens is 2. The average molecular weight is 289 g/mol. The number of hydrogen-bond donors (Lipinski definition) is 2. The maximum absolute atomic E-state index is 9.36. The van der Waals surface area contributed by atoms with Crippen LogP contribution in [-0.4, -0.2) is 35.4 Å². The third-order valence-electron chi connectivity index (χ3n) is 3.95. The van der Waals surface area contributed by atoms with Gasteiger partial charge in [-0.25, -0.2) is 9.97 Å². The lowest BCUT2D eigenvalue weighted by Crippen LogP contribution is -2.17. The van der Waals surface area contributed by atoms with Crippen LogP contribution in [0.3, 0.4) is 0 Å². The highest BCUT2D eigenvalue weighted by molar-refractivity contribution is 5.90. The predicted octanol–water partition coefficient (Wildman–Crippen LogP) is 1.68. The van der Waals surface area contributed by atoms with E-state index < -0.39 is 0 Å². The van der Waals surface area contributed by atoms with Gasteiger partial charge in [0.25, 0.3) is 0 Å². The fourth-order valence-corrected chi connectivity index (χ4v) is 2.31. The molecule has 0 amide bonds. The van der Waals surface area contributed by atoms with Gasteiger partial charge in [-0.2, -0.15) is 0 Å². The van der Waals surface area contributed by atoms with Gasteiger partial charge in [-0.1, -0.05) is 0 Å². The van der Waals surface area contributed by atoms with Crippen molar-refractivity contribution in [2.24, 2.45) is 5.41 Å². The second-order valence-electron chi connectivity index (χ2n) is 5.62. The summed E-state index contributed by atoms with van der Waals surface area (Å²) in [5.74, 6) is 2.25. The Morgan fingerprint density at radius 2 is 2.05 bits per heavy atom. The molecule has 0 radical (unpaired) electrons. The second kappa shape index (κ2) is 5.04. The molecule has 6 heteroatoms. The van der Waals surface area contributed by atoms with Crippen molar-refractivity contribution >= 4 is 16.7 Å². The zero-order valence-corrected chi connectivity index (χ0v) is 12.2. The van der Waals surface area contributed by atoms with Crippen molar-refractivity contribution in [3.63, 3.8) is 0 Å². The van der Waals surface area contributed by atoms with E-state index in [4.69, 9.17) is 15.2 Å². The summed E-state index contributed by atoms with van der Waals surface area (Å²) in [6.07, 6.45) is 1.98. The van der Waals surface area contributed by atoms with Crippen LogP contribution in [0.4, 0.5) is 5.82 Å². The molecule has 0 spiro atoms. The molecule has 0 unspecified atom stereocenters. The largest absolute Gasteiger partial charge is 0.493 e. The number of rotatable bonds is 5. The number of fused-ring (bicyclic) bond motifs is 1. The molecule has 3 rings (SSSR count). The molecule has 3 N–H and O–H groups in total. The number of anilines is 1. The lowest BCUT2D eigenvalue weighted by molar-refractivity contribution is 0.144. The second-order valence-corrected chi connectivity index (χ2v) is 5.62. The van der Waals surface area contributed by atoms with E-state index in [9.17, 15) is 5.11 Å². The molecular formula is C15H19N3O3. The van der Waals surface area contributed by atoms with Crippen molar-refractivity contribution in [3.8, 4) is 11.5 Å². The van der Waals surface area contributed by atoms with Gasteiger partial charge in [0.2, 0.25) is 0 Å². The van der Waals surface area contributed by atoms with E-state index in [1.807, 2.05) is 0 Å². The normalized spacial score (nSPS) is 16.0. The molecule has 21 heavy (non-hydrogen) atoms. The molecular weight excluding hydrogens is 270 g/mol. The van der Waals surface area contributed by atoms with Gasteiger partial charge in [0, 0.05) is 16.9 Å². The first-order valence-electron chi connectivity index (χ1n) is 6.92. The Balaban J connectivity index is 1.97. The molecule has 6 nitrogen and oxygen atoms in total. The first-order chi connectivity index (χ1) is 10.1. The van der Waals surface area contributed by atoms with Gasteiger partial charge < -0.3 is 20.3 Å². The molecule has 0 saturated heterocycles. The highest BCUT2D eigenvalue weighted by atomic mass is 16.5. The van der Waals surface area contributed by atoms with Crippen molar-refractivity contribution in [1.29, 1.82) is 0 Å². The Bertz CT molecular complexity index is 683. The number of ether oxygens (including phenoxy) is 2. The maximum Gasteiger partial charge on any atom is 0.162 e. The summed E-state index contributed by atoms with van der Waals surface area (Å²) in [7, 11) is 1.59. The summed E-state index contributed by atoms with van der Waals surface area (Å²) >= 11 is 0. The number of aliphatic hydroxyl groups excluding tert-OH is 1. The van der Waals surface area contributed by atoms with E-state index in [2.05, 4.69) is 9.97 Å². The number of aliphatic hydroxyl groups is 1. The summed E-state index contributed by atoms with van der Waals surface area (Å²) in [6.45, 7) is 2.41. The van der Waals surface area contributed by atoms with E-state index in [0.717, 1.165) is 23.7 Å². The van der Waals surface area contributed by atoms with Crippen LogP contribution in [0.5, 0.6) is 11.5 Å². The molecule has 1 aliphatic carbocycles. The van der Waals surface area contributed by atoms with Gasteiger partial charge in [-0.15, -0.1) is 0 Å². The minimum absolute atomic E-state index is 0.0880. The third kappa shape index (κ3) is 2.58. The summed E-state index contributed by atoms with van der Waals surface area (Å²) in [5, 5.41) is 10.1. The summed E-state index contributed by atoms with van der Waals surface area (Å²) in [4.78, 5) is 8.52. The minimum Gasteiger partial charge on any atom is -0.493 e. The number of aryl methyl sites for hydroxylation is 1. The van der Waals surface area contributed by atoms with Crippen molar-refractivity contribution in [2.75, 3.05) is 26.1 Å². The smallest absolute Gasteiger partial charge is 0.162 e. The van der Waals surface area contributed by atoms with Gasteiger partial charge >= 0.3 is 0 Å². The zero-order valence-electron chi connectivity index (χ0n) is 12.2. The molecule has 1 fully saturated rings. The summed E-state index contributed by atoms with van der Waals surface area (Å²) in [6, 6.07) is 3.60. The lowest BCUT2D eigenvalue weighted by atomic mass is 10.1. The molecule has 1 aromatic carbocycles. The predicted molar refractivity (Wildman–Crippen MR) is 79.5 cm³/mol. The van der Waals surface area contributed by atoms with Crippen LogP contribution >= 0.6 is 0 Å². The van der Waals surface area contributed by atoms with E-state index >= 15 is 0 Å². The van der Waals surface area contributed by atoms with Crippen molar-refractivity contribution in [2.45, 2.75) is 19.8 Å². The highest BCUT2D eigenvalue weighted by Crippen LogP contribution is 2.46. The van der Waals surface area contributed by atoms with E-state index in [0.29, 0.717) is 29.7 Å². The van der Waals surface area contributed by atoms with E-state index in [1.54, 1.807) is 26.2 Å². The minimum atomic E-state index is -0.0880. The number of nitrogens with two attached hydrogens (primary N) is 1. The topological polar surface area (TPSA) is 90.5 Å². The van der Waals surface area contributed by atoms with Crippen LogP contribution in [0.15, 0.2) is 12.1 Å². The first-order valence-corrected chi connectivity index (χ1v) is 6.92. The Labute approximate surface area is 122 Å². The summed E-state index contributed by atoms with van der Waals surface area (Å²) < 4.78 is 11.2. The maximum atomic E-state index is 9.36. The molecule has 112 valence electrons. The fraction of sp³-hybridized carbons (Fsp3) is 0.467. The van der Waals surface area contributed by atoms with Crippen LogP contribution in [0.25, 0.3) is 10.9 Å². The quantitative estimate of drug-likeness (QED) is 0.870. The lowest BCUT2D eigenvalue weighted by Gasteiger charge is -2.16. The molecule has 1 saturated carbocycles. The average Bonchev–Trinajstić information content (AvgIpc) is 3.25. The molecule has 0 aliphatic heterocycles. The number of nitrogen functional groups attached to an aromatic ring is 1. The molecule has 0 bridgehead atoms. The third-order valence-corrected chi connectivity index (χ3v) is 3.95. The Morgan fingerprint density at radius 1 is 1.29 bits per heavy atom. The number of hydrogen-bond acceptors (Lipinski definition) is 6. The van der Waals surface area contributed by atoms with Crippen LogP contribution in [0, 0.1) is 12.3 Å². The van der Waals surface area contributed by atoms with Crippen LogP contribution in [0.1, 0.15) is 18.7 Å². The van der Waals surface area contributed by atoms with Gasteiger partial charge in [0.05, 0.1) is 25.8 Å². The van der Waals surface area contributed by atoms with Crippen molar-refractivity contribution in [1.82, 2.24) is 9.97 Å². The number of methoxy groups -OCH3 is 1. The molecule has 0 atom stereocenters. The fourth-order valence-electron chi connectivity index (χ4n) is 2.31. The number of benzene rings is 1. The van der Waals surface area contributed by atoms with Gasteiger partial charge in [0.15, 0.2) is 11.5 Å². The van der Waals surface area contributed by atoms with Crippen molar-refractivity contribution in [3.05, 3.63) is 18.0 Å². The van der Waals surface area contributed by atoms with Gasteiger partial charge in [0.1, 0.15) is 11.6 Å². The van der Waals surface area contributed by atoms with Crippen LogP contribution in [-0.2, 0) is 0 Å². The Kier molecular flexibility index (Phi) is 3.33. The highest BCUT2D eigenvalue weighted by Gasteiger charge is 2.43. The van der Waals surface area contributed by atoms with Gasteiger partial charge in [-0.3, -0.25) is 0 Å². The molecule has 1 aliphatic rings. The van der Waals surface area contributed by atoms with E-state index in [1.165, 1.54) is 0 Å². The van der Waals surface area contributed by atoms with Gasteiger partial charge in [-0.05, 0) is 25.8 Å². The number of nitrogens with zero attached hydrogens (tertiary/aromatic N) is 2. The van der Waals surface area contributed by atoms with E-state index in [-0.39, 0.29) is 12.0 Å². The molecule has 1 heterocycles. The first kappa shape index (κ1) is 13.9. The van der Waals surface area contributed by atoms with Crippen molar-refractivity contribution < 1.29 is 14.6 Å².